The van der Waals surface area contributed by atoms with Crippen molar-refractivity contribution < 1.29 is 39.3 Å². The Hall–Kier alpha value is -3.87. The van der Waals surface area contributed by atoms with Gasteiger partial charge < -0.3 is 9.13 Å². The van der Waals surface area contributed by atoms with Crippen LogP contribution in [0.2, 0.25) is 0 Å². The first kappa shape index (κ1) is 26.2. The van der Waals surface area contributed by atoms with Crippen LogP contribution in [0.5, 0.6) is 0 Å². The van der Waals surface area contributed by atoms with Gasteiger partial charge in [0, 0.05) is 36.2 Å². The molecule has 0 bridgehead atoms. The molecule has 0 radical (unpaired) electrons. The molecular weight excluding hydrogens is 512 g/mol. The smallest absolute Gasteiger partial charge is 0.328 e. The molecule has 0 saturated carbocycles. The fraction of sp³-hybridized carbons (Fsp3) is 0. The molecule has 2 nitrogen and oxygen atoms in total. The van der Waals surface area contributed by atoms with Crippen molar-refractivity contribution in [2.75, 3.05) is 0 Å². The fourth-order valence-electron chi connectivity index (χ4n) is 4.08. The molecule has 0 aliphatic heterocycles. The third-order valence-electron chi connectivity index (χ3n) is 5.81. The summed E-state index contributed by atoms with van der Waals surface area (Å²) in [5.41, 5.74) is 1.84. The molecule has 6 aromatic rings. The first-order chi connectivity index (χ1) is 17.5. The largest absolute Gasteiger partial charge is 2.00 e. The number of aromatic nitrogens is 2. The summed E-state index contributed by atoms with van der Waals surface area (Å²) in [7, 11) is 0. The summed E-state index contributed by atoms with van der Waals surface area (Å²) in [5.74, 6) is -2.18. The molecule has 0 unspecified atom stereocenters. The van der Waals surface area contributed by atoms with Gasteiger partial charge in [-0.25, -0.2) is 0 Å². The summed E-state index contributed by atoms with van der Waals surface area (Å²) < 4.78 is 59.6. The fourth-order valence-corrected chi connectivity index (χ4v) is 4.08. The van der Waals surface area contributed by atoms with Gasteiger partial charge >= 0.3 is 21.7 Å². The van der Waals surface area contributed by atoms with Crippen molar-refractivity contribution in [3.8, 4) is 33.6 Å². The summed E-state index contributed by atoms with van der Waals surface area (Å²) in [6.45, 7) is 0. The topological polar surface area (TPSA) is 9.86 Å². The second kappa shape index (κ2) is 11.5. The Morgan fingerprint density at radius 3 is 1.11 bits per heavy atom. The Balaban J connectivity index is 0.000000168. The van der Waals surface area contributed by atoms with Crippen molar-refractivity contribution in [1.82, 2.24) is 9.13 Å². The maximum absolute atomic E-state index is 14.4. The average Bonchev–Trinajstić information content (AvgIpc) is 3.69. The predicted molar refractivity (Wildman–Crippen MR) is 133 cm³/mol. The Labute approximate surface area is 226 Å². The van der Waals surface area contributed by atoms with Crippen LogP contribution in [0.15, 0.2) is 122 Å². The molecule has 0 fully saturated rings. The molecule has 0 aliphatic carbocycles. The minimum absolute atomic E-state index is 0. The first-order valence-corrected chi connectivity index (χ1v) is 11.2. The van der Waals surface area contributed by atoms with Gasteiger partial charge in [-0.05, 0) is 47.5 Å². The van der Waals surface area contributed by atoms with Crippen molar-refractivity contribution >= 4 is 0 Å². The molecule has 0 saturated heterocycles. The van der Waals surface area contributed by atoms with Gasteiger partial charge in [0.1, 0.15) is 0 Å². The molecule has 2 heterocycles. The molecule has 6 rings (SSSR count). The number of benzene rings is 2. The molecule has 0 atom stereocenters. The first-order valence-electron chi connectivity index (χ1n) is 11.2. The zero-order chi connectivity index (χ0) is 25.1. The molecule has 4 aromatic carbocycles. The zero-order valence-electron chi connectivity index (χ0n) is 19.5. The molecule has 0 aliphatic rings. The summed E-state index contributed by atoms with van der Waals surface area (Å²) in [6, 6.07) is 26.5. The Morgan fingerprint density at radius 2 is 0.784 bits per heavy atom. The Bertz CT molecular complexity index is 1430. The number of rotatable bonds is 4. The minimum atomic E-state index is -0.547. The summed E-state index contributed by atoms with van der Waals surface area (Å²) >= 11 is 0. The van der Waals surface area contributed by atoms with E-state index in [1.54, 1.807) is 107 Å². The van der Waals surface area contributed by atoms with Crippen LogP contribution in [0, 0.1) is 23.3 Å². The molecule has 7 heteroatoms. The number of hydrogen-bond acceptors (Lipinski definition) is 0. The van der Waals surface area contributed by atoms with Crippen LogP contribution in [0.1, 0.15) is 0 Å². The van der Waals surface area contributed by atoms with E-state index < -0.39 is 23.3 Å². The van der Waals surface area contributed by atoms with Crippen LogP contribution >= 0.6 is 0 Å². The van der Waals surface area contributed by atoms with E-state index in [2.05, 4.69) is 0 Å². The number of halogens is 4. The number of nitrogens with zero attached hydrogens (tertiary/aromatic N) is 2. The Kier molecular flexibility index (Phi) is 8.12. The van der Waals surface area contributed by atoms with E-state index in [0.717, 1.165) is 0 Å². The van der Waals surface area contributed by atoms with Crippen LogP contribution in [0.25, 0.3) is 33.6 Å². The molecule has 182 valence electrons. The van der Waals surface area contributed by atoms with Gasteiger partial charge in [0.05, 0.1) is 23.3 Å². The zero-order valence-corrected chi connectivity index (χ0v) is 21.0. The van der Waals surface area contributed by atoms with E-state index in [9.17, 15) is 17.6 Å². The van der Waals surface area contributed by atoms with Crippen molar-refractivity contribution in [2.45, 2.75) is 0 Å². The Morgan fingerprint density at radius 1 is 0.459 bits per heavy atom. The van der Waals surface area contributed by atoms with Gasteiger partial charge in [0.25, 0.3) is 0 Å². The van der Waals surface area contributed by atoms with E-state index in [1.807, 2.05) is 0 Å². The van der Waals surface area contributed by atoms with E-state index in [4.69, 9.17) is 0 Å². The summed E-state index contributed by atoms with van der Waals surface area (Å²) in [6.07, 6.45) is 6.91. The molecule has 0 N–H and O–H groups in total. The van der Waals surface area contributed by atoms with Crippen LogP contribution in [0.4, 0.5) is 17.6 Å². The van der Waals surface area contributed by atoms with Gasteiger partial charge in [-0.2, -0.15) is 24.3 Å². The van der Waals surface area contributed by atoms with Crippen molar-refractivity contribution in [3.63, 3.8) is 0 Å². The van der Waals surface area contributed by atoms with Crippen LogP contribution in [-0.4, -0.2) is 9.13 Å². The van der Waals surface area contributed by atoms with Gasteiger partial charge in [0.15, 0.2) is 0 Å². The van der Waals surface area contributed by atoms with E-state index in [-0.39, 0.29) is 32.8 Å². The second-order valence-corrected chi connectivity index (χ2v) is 8.04. The third-order valence-corrected chi connectivity index (χ3v) is 5.81. The molecular formula is C30H20F4N2Ti. The average molecular weight is 532 g/mol. The van der Waals surface area contributed by atoms with Crippen LogP contribution in [-0.2, 0) is 21.7 Å². The van der Waals surface area contributed by atoms with E-state index in [0.29, 0.717) is 22.5 Å². The number of hydrogen-bond donors (Lipinski definition) is 0. The van der Waals surface area contributed by atoms with Crippen molar-refractivity contribution in [3.05, 3.63) is 145 Å². The molecule has 0 amide bonds. The maximum Gasteiger partial charge on any atom is 2.00 e. The molecule has 37 heavy (non-hydrogen) atoms. The van der Waals surface area contributed by atoms with Gasteiger partial charge in [-0.1, -0.05) is 23.3 Å². The molecule has 0 spiro atoms. The standard InChI is InChI=1S/2C15H10F2N.Ti/c2*16-12-7-8-13(18-9-3-4-10-18)15(17)14(12)11-5-1-2-6-11;/h2*1-10H;/q2*-1;+2. The predicted octanol–water partition coefficient (Wildman–Crippen LogP) is 8.28. The van der Waals surface area contributed by atoms with Crippen LogP contribution in [0.3, 0.4) is 0 Å². The van der Waals surface area contributed by atoms with Crippen molar-refractivity contribution in [2.24, 2.45) is 0 Å². The monoisotopic (exact) mass is 532 g/mol. The summed E-state index contributed by atoms with van der Waals surface area (Å²) in [4.78, 5) is 0. The minimum Gasteiger partial charge on any atom is -0.328 e. The maximum atomic E-state index is 14.4. The normalized spacial score (nSPS) is 10.5. The van der Waals surface area contributed by atoms with Crippen molar-refractivity contribution in [1.29, 1.82) is 0 Å². The van der Waals surface area contributed by atoms with E-state index in [1.165, 1.54) is 24.3 Å². The molecule has 2 aromatic heterocycles. The van der Waals surface area contributed by atoms with Crippen LogP contribution < -0.4 is 0 Å². The SMILES string of the molecule is Fc1ccc(-n2cccc2)c(F)c1-[c-]1cccc1.Fc1ccc(-n2cccc2)c(F)c1-[c-]1cccc1.[Ti+2]. The van der Waals surface area contributed by atoms with Gasteiger partial charge in [-0.3, -0.25) is 17.6 Å². The van der Waals surface area contributed by atoms with Gasteiger partial charge in [-0.15, -0.1) is 24.3 Å². The van der Waals surface area contributed by atoms with E-state index >= 15 is 0 Å². The third kappa shape index (κ3) is 5.31. The second-order valence-electron chi connectivity index (χ2n) is 8.04. The summed E-state index contributed by atoms with van der Waals surface area (Å²) in [5, 5.41) is 0. The quantitative estimate of drug-likeness (QED) is 0.123. The van der Waals surface area contributed by atoms with Gasteiger partial charge in [0.2, 0.25) is 0 Å².